The molecule has 1 heterocycles. The molecule has 7 nitrogen and oxygen atoms in total. The van der Waals surface area contributed by atoms with E-state index >= 15 is 0 Å². The smallest absolute Gasteiger partial charge is 0.341 e. The van der Waals surface area contributed by atoms with Gasteiger partial charge >= 0.3 is 12.0 Å². The highest BCUT2D eigenvalue weighted by Crippen LogP contribution is 2.34. The molecule has 0 atom stereocenters. The van der Waals surface area contributed by atoms with Gasteiger partial charge in [0.25, 0.3) is 0 Å². The maximum absolute atomic E-state index is 12.2. The van der Waals surface area contributed by atoms with Crippen LogP contribution in [0.4, 0.5) is 0 Å². The van der Waals surface area contributed by atoms with Gasteiger partial charge in [-0.2, -0.15) is 9.97 Å². The number of rotatable bonds is 8. The number of nitrogens with zero attached hydrogens (tertiary/aromatic N) is 2. The molecule has 0 radical (unpaired) electrons. The largest absolute Gasteiger partial charge is 0.480 e. The SMILES string of the molecule is CCCCOC(=O)c1ccccc1Oc1nc(OC)c(Cl)c(OC)n1. The van der Waals surface area contributed by atoms with Crippen LogP contribution in [-0.2, 0) is 4.74 Å². The summed E-state index contributed by atoms with van der Waals surface area (Å²) in [6.07, 6.45) is 1.73. The lowest BCUT2D eigenvalue weighted by atomic mass is 10.2. The molecule has 2 aromatic rings. The zero-order valence-electron chi connectivity index (χ0n) is 14.2. The molecule has 134 valence electrons. The second-order valence-electron chi connectivity index (χ2n) is 4.93. The molecule has 0 aliphatic rings. The fraction of sp³-hybridized carbons (Fsp3) is 0.353. The van der Waals surface area contributed by atoms with Crippen molar-refractivity contribution >= 4 is 17.6 Å². The number of carbonyl (C=O) groups is 1. The number of benzene rings is 1. The van der Waals surface area contributed by atoms with Crippen molar-refractivity contribution in [3.63, 3.8) is 0 Å². The van der Waals surface area contributed by atoms with E-state index in [0.29, 0.717) is 6.61 Å². The number of methoxy groups -OCH3 is 2. The van der Waals surface area contributed by atoms with E-state index in [9.17, 15) is 4.79 Å². The minimum absolute atomic E-state index is 0.0630. The van der Waals surface area contributed by atoms with Gasteiger partial charge in [0.15, 0.2) is 5.02 Å². The summed E-state index contributed by atoms with van der Waals surface area (Å²) >= 11 is 6.03. The summed E-state index contributed by atoms with van der Waals surface area (Å²) in [4.78, 5) is 20.3. The Kier molecular flexibility index (Phi) is 6.82. The van der Waals surface area contributed by atoms with Gasteiger partial charge < -0.3 is 18.9 Å². The van der Waals surface area contributed by atoms with Crippen molar-refractivity contribution in [3.05, 3.63) is 34.9 Å². The molecule has 0 fully saturated rings. The molecule has 0 aliphatic heterocycles. The summed E-state index contributed by atoms with van der Waals surface area (Å²) in [7, 11) is 2.83. The Morgan fingerprint density at radius 3 is 2.36 bits per heavy atom. The third kappa shape index (κ3) is 4.73. The lowest BCUT2D eigenvalue weighted by Gasteiger charge is -2.12. The molecule has 0 amide bonds. The van der Waals surface area contributed by atoms with Gasteiger partial charge in [0.2, 0.25) is 11.8 Å². The van der Waals surface area contributed by atoms with E-state index in [1.807, 2.05) is 6.92 Å². The first-order chi connectivity index (χ1) is 12.1. The van der Waals surface area contributed by atoms with Gasteiger partial charge in [0.05, 0.1) is 20.8 Å². The summed E-state index contributed by atoms with van der Waals surface area (Å²) in [6.45, 7) is 2.37. The number of hydrogen-bond donors (Lipinski definition) is 0. The monoisotopic (exact) mass is 366 g/mol. The van der Waals surface area contributed by atoms with Crippen molar-refractivity contribution in [1.29, 1.82) is 0 Å². The number of hydrogen-bond acceptors (Lipinski definition) is 7. The van der Waals surface area contributed by atoms with Gasteiger partial charge in [-0.05, 0) is 18.6 Å². The summed E-state index contributed by atoms with van der Waals surface area (Å²) < 4.78 is 21.0. The van der Waals surface area contributed by atoms with Gasteiger partial charge in [-0.25, -0.2) is 4.79 Å². The van der Waals surface area contributed by atoms with Gasteiger partial charge in [0, 0.05) is 0 Å². The van der Waals surface area contributed by atoms with Crippen molar-refractivity contribution < 1.29 is 23.7 Å². The van der Waals surface area contributed by atoms with Crippen molar-refractivity contribution in [2.75, 3.05) is 20.8 Å². The minimum Gasteiger partial charge on any atom is -0.480 e. The number of para-hydroxylation sites is 1. The standard InChI is InChI=1S/C17H19ClN2O5/c1-4-5-10-24-16(21)11-8-6-7-9-12(11)25-17-19-14(22-2)13(18)15(20-17)23-3/h6-9H,4-5,10H2,1-3H3. The topological polar surface area (TPSA) is 79.8 Å². The molecule has 1 aromatic heterocycles. The maximum Gasteiger partial charge on any atom is 0.341 e. The quantitative estimate of drug-likeness (QED) is 0.517. The predicted octanol–water partition coefficient (Wildman–Crippen LogP) is 3.90. The lowest BCUT2D eigenvalue weighted by molar-refractivity contribution is 0.0497. The van der Waals surface area contributed by atoms with Gasteiger partial charge in [-0.3, -0.25) is 0 Å². The van der Waals surface area contributed by atoms with Crippen LogP contribution in [0, 0.1) is 0 Å². The number of carbonyl (C=O) groups excluding carboxylic acids is 1. The van der Waals surface area contributed by atoms with Crippen molar-refractivity contribution in [1.82, 2.24) is 9.97 Å². The van der Waals surface area contributed by atoms with Crippen LogP contribution in [0.5, 0.6) is 23.5 Å². The first-order valence-corrected chi connectivity index (χ1v) is 8.08. The van der Waals surface area contributed by atoms with Crippen LogP contribution < -0.4 is 14.2 Å². The Bertz CT molecular complexity index is 714. The van der Waals surface area contributed by atoms with E-state index in [1.54, 1.807) is 24.3 Å². The van der Waals surface area contributed by atoms with Crippen molar-refractivity contribution in [2.24, 2.45) is 0 Å². The van der Waals surface area contributed by atoms with Crippen molar-refractivity contribution in [3.8, 4) is 23.5 Å². The molecule has 0 saturated heterocycles. The summed E-state index contributed by atoms with van der Waals surface area (Å²) in [5.74, 6) is -0.00888. The molecule has 0 spiro atoms. The Morgan fingerprint density at radius 2 is 1.76 bits per heavy atom. The Hall–Kier alpha value is -2.54. The van der Waals surface area contributed by atoms with E-state index in [2.05, 4.69) is 9.97 Å². The highest BCUT2D eigenvalue weighted by molar-refractivity contribution is 6.33. The number of halogens is 1. The molecule has 0 bridgehead atoms. The zero-order valence-corrected chi connectivity index (χ0v) is 15.0. The number of unbranched alkanes of at least 4 members (excludes halogenated alkanes) is 1. The summed E-state index contributed by atoms with van der Waals surface area (Å²) in [6, 6.07) is 6.60. The summed E-state index contributed by atoms with van der Waals surface area (Å²) in [5, 5.41) is 0.129. The highest BCUT2D eigenvalue weighted by Gasteiger charge is 2.18. The highest BCUT2D eigenvalue weighted by atomic mass is 35.5. The van der Waals surface area contributed by atoms with Crippen LogP contribution in [0.3, 0.4) is 0 Å². The molecular weight excluding hydrogens is 348 g/mol. The van der Waals surface area contributed by atoms with Crippen LogP contribution in [0.25, 0.3) is 0 Å². The van der Waals surface area contributed by atoms with E-state index in [0.717, 1.165) is 12.8 Å². The van der Waals surface area contributed by atoms with Crippen LogP contribution in [-0.4, -0.2) is 36.8 Å². The Morgan fingerprint density at radius 1 is 1.12 bits per heavy atom. The molecule has 0 saturated carbocycles. The first kappa shape index (κ1) is 18.8. The number of ether oxygens (including phenoxy) is 4. The minimum atomic E-state index is -0.475. The second kappa shape index (κ2) is 9.08. The van der Waals surface area contributed by atoms with Crippen LogP contribution in [0.1, 0.15) is 30.1 Å². The fourth-order valence-corrected chi connectivity index (χ4v) is 2.15. The lowest BCUT2D eigenvalue weighted by Crippen LogP contribution is -2.08. The van der Waals surface area contributed by atoms with Crippen molar-refractivity contribution in [2.45, 2.75) is 19.8 Å². The summed E-state index contributed by atoms with van der Waals surface area (Å²) in [5.41, 5.74) is 0.273. The molecule has 2 rings (SSSR count). The van der Waals surface area contributed by atoms with Gasteiger partial charge in [0.1, 0.15) is 11.3 Å². The third-order valence-corrected chi connectivity index (χ3v) is 3.52. The fourth-order valence-electron chi connectivity index (χ4n) is 1.91. The molecular formula is C17H19ClN2O5. The third-order valence-electron chi connectivity index (χ3n) is 3.20. The van der Waals surface area contributed by atoms with Gasteiger partial charge in [-0.15, -0.1) is 0 Å². The number of aromatic nitrogens is 2. The maximum atomic E-state index is 12.2. The molecule has 0 aliphatic carbocycles. The van der Waals surface area contributed by atoms with Crippen LogP contribution in [0.2, 0.25) is 5.02 Å². The van der Waals surface area contributed by atoms with E-state index in [-0.39, 0.29) is 34.1 Å². The Balaban J connectivity index is 2.27. The van der Waals surface area contributed by atoms with Gasteiger partial charge in [-0.1, -0.05) is 37.1 Å². The van der Waals surface area contributed by atoms with Crippen LogP contribution >= 0.6 is 11.6 Å². The van der Waals surface area contributed by atoms with Crippen LogP contribution in [0.15, 0.2) is 24.3 Å². The average molecular weight is 367 g/mol. The molecule has 0 N–H and O–H groups in total. The molecule has 8 heteroatoms. The van der Waals surface area contributed by atoms with E-state index < -0.39 is 5.97 Å². The molecule has 1 aromatic carbocycles. The predicted molar refractivity (Wildman–Crippen MR) is 91.9 cm³/mol. The first-order valence-electron chi connectivity index (χ1n) is 7.70. The average Bonchev–Trinajstić information content (AvgIpc) is 2.63. The molecule has 0 unspecified atom stereocenters. The van der Waals surface area contributed by atoms with E-state index in [4.69, 9.17) is 30.5 Å². The van der Waals surface area contributed by atoms with E-state index in [1.165, 1.54) is 14.2 Å². The normalized spacial score (nSPS) is 10.2. The second-order valence-corrected chi connectivity index (χ2v) is 5.30. The zero-order chi connectivity index (χ0) is 18.2. The Labute approximate surface area is 150 Å². The number of esters is 1. The molecule has 25 heavy (non-hydrogen) atoms.